The number of imide groups is 1. The van der Waals surface area contributed by atoms with E-state index < -0.39 is 25.7 Å². The summed E-state index contributed by atoms with van der Waals surface area (Å²) in [6.45, 7) is -0.235. The van der Waals surface area contributed by atoms with Crippen molar-refractivity contribution in [2.75, 3.05) is 19.3 Å². The highest BCUT2D eigenvalue weighted by atomic mass is 31.2. The van der Waals surface area contributed by atoms with Gasteiger partial charge < -0.3 is 14.7 Å². The predicted molar refractivity (Wildman–Crippen MR) is 42.0 cm³/mol. The molecule has 13 heavy (non-hydrogen) atoms. The summed E-state index contributed by atoms with van der Waals surface area (Å²) in [7, 11) is -4.10. The van der Waals surface area contributed by atoms with E-state index in [1.54, 1.807) is 0 Å². The molecule has 7 nitrogen and oxygen atoms in total. The molecule has 74 valence electrons. The van der Waals surface area contributed by atoms with Gasteiger partial charge in [-0.05, 0) is 0 Å². The van der Waals surface area contributed by atoms with E-state index >= 15 is 0 Å². The number of rotatable bonds is 3. The summed E-state index contributed by atoms with van der Waals surface area (Å²) in [5.41, 5.74) is 0. The Morgan fingerprint density at radius 3 is 2.46 bits per heavy atom. The number of nitrogens with one attached hydrogen (secondary N) is 1. The lowest BCUT2D eigenvalue weighted by atomic mass is 10.5. The van der Waals surface area contributed by atoms with E-state index in [1.807, 2.05) is 5.32 Å². The second-order valence-corrected chi connectivity index (χ2v) is 4.44. The van der Waals surface area contributed by atoms with Gasteiger partial charge in [0.2, 0.25) is 5.91 Å². The van der Waals surface area contributed by atoms with Gasteiger partial charge in [0.05, 0.1) is 6.16 Å². The van der Waals surface area contributed by atoms with Crippen LogP contribution in [-0.4, -0.2) is 45.9 Å². The third-order valence-corrected chi connectivity index (χ3v) is 2.31. The Labute approximate surface area is 73.9 Å². The zero-order chi connectivity index (χ0) is 10.1. The highest BCUT2D eigenvalue weighted by Gasteiger charge is 2.28. The number of amides is 3. The largest absolute Gasteiger partial charge is 0.327 e. The number of hydrogen-bond donors (Lipinski definition) is 3. The fourth-order valence-corrected chi connectivity index (χ4v) is 1.42. The smallest absolute Gasteiger partial charge is 0.324 e. The van der Waals surface area contributed by atoms with Crippen LogP contribution in [0, 0.1) is 0 Å². The number of nitrogens with zero attached hydrogens (tertiary/aromatic N) is 1. The third kappa shape index (κ3) is 3.14. The fraction of sp³-hybridized carbons (Fsp3) is 0.600. The van der Waals surface area contributed by atoms with Crippen LogP contribution in [0.25, 0.3) is 0 Å². The van der Waals surface area contributed by atoms with Gasteiger partial charge in [0.15, 0.2) is 0 Å². The molecule has 0 atom stereocenters. The van der Waals surface area contributed by atoms with Crippen molar-refractivity contribution in [1.29, 1.82) is 0 Å². The molecule has 1 saturated heterocycles. The van der Waals surface area contributed by atoms with Crippen LogP contribution < -0.4 is 5.32 Å². The molecule has 0 aromatic rings. The standard InChI is InChI=1S/C5H9N2O5P/c8-4-3-7(5(9)6-4)1-2-13(10,11)12/h1-3H2,(H,6,8,9)(H2,10,11,12). The van der Waals surface area contributed by atoms with Crippen LogP contribution in [0.1, 0.15) is 0 Å². The van der Waals surface area contributed by atoms with E-state index in [1.165, 1.54) is 0 Å². The van der Waals surface area contributed by atoms with Gasteiger partial charge in [0.25, 0.3) is 0 Å². The third-order valence-electron chi connectivity index (χ3n) is 1.53. The van der Waals surface area contributed by atoms with Gasteiger partial charge in [-0.25, -0.2) is 4.79 Å². The molecular weight excluding hydrogens is 199 g/mol. The second-order valence-electron chi connectivity index (χ2n) is 2.66. The zero-order valence-electron chi connectivity index (χ0n) is 6.63. The molecule has 0 unspecified atom stereocenters. The van der Waals surface area contributed by atoms with Crippen molar-refractivity contribution in [2.45, 2.75) is 0 Å². The Balaban J connectivity index is 2.43. The Morgan fingerprint density at radius 2 is 2.08 bits per heavy atom. The molecule has 3 N–H and O–H groups in total. The number of hydrogen-bond acceptors (Lipinski definition) is 3. The van der Waals surface area contributed by atoms with Gasteiger partial charge in [-0.2, -0.15) is 0 Å². The molecule has 1 fully saturated rings. The van der Waals surface area contributed by atoms with Gasteiger partial charge in [-0.3, -0.25) is 14.7 Å². The summed E-state index contributed by atoms with van der Waals surface area (Å²) < 4.78 is 10.4. The van der Waals surface area contributed by atoms with E-state index in [9.17, 15) is 14.2 Å². The molecule has 0 aliphatic carbocycles. The van der Waals surface area contributed by atoms with Crippen molar-refractivity contribution in [2.24, 2.45) is 0 Å². The van der Waals surface area contributed by atoms with Crippen molar-refractivity contribution in [3.63, 3.8) is 0 Å². The number of urea groups is 1. The fourth-order valence-electron chi connectivity index (χ4n) is 0.915. The lowest BCUT2D eigenvalue weighted by molar-refractivity contribution is -0.118. The Morgan fingerprint density at radius 1 is 1.46 bits per heavy atom. The average Bonchev–Trinajstić information content (AvgIpc) is 2.24. The molecule has 0 bridgehead atoms. The Bertz CT molecular complexity index is 285. The van der Waals surface area contributed by atoms with Crippen molar-refractivity contribution < 1.29 is 23.9 Å². The van der Waals surface area contributed by atoms with Crippen molar-refractivity contribution in [1.82, 2.24) is 10.2 Å². The molecule has 3 amide bonds. The van der Waals surface area contributed by atoms with Crippen LogP contribution in [-0.2, 0) is 9.36 Å². The van der Waals surface area contributed by atoms with Crippen LogP contribution in [0.3, 0.4) is 0 Å². The number of carbonyl (C=O) groups excluding carboxylic acids is 2. The summed E-state index contributed by atoms with van der Waals surface area (Å²) in [4.78, 5) is 39.5. The minimum Gasteiger partial charge on any atom is -0.324 e. The lowest BCUT2D eigenvalue weighted by Gasteiger charge is -2.12. The van der Waals surface area contributed by atoms with E-state index in [4.69, 9.17) is 9.79 Å². The molecular formula is C5H9N2O5P. The van der Waals surface area contributed by atoms with Gasteiger partial charge in [0, 0.05) is 6.54 Å². The van der Waals surface area contributed by atoms with Crippen LogP contribution in [0.2, 0.25) is 0 Å². The normalized spacial score (nSPS) is 17.8. The predicted octanol–water partition coefficient (Wildman–Crippen LogP) is -1.28. The summed E-state index contributed by atoms with van der Waals surface area (Å²) in [5.74, 6) is -0.448. The van der Waals surface area contributed by atoms with Crippen LogP contribution in [0.4, 0.5) is 4.79 Å². The first-order chi connectivity index (χ1) is 5.88. The van der Waals surface area contributed by atoms with Crippen molar-refractivity contribution >= 4 is 19.5 Å². The van der Waals surface area contributed by atoms with Crippen LogP contribution in [0.5, 0.6) is 0 Å². The maximum atomic E-state index is 10.8. The number of carbonyl (C=O) groups is 2. The molecule has 1 aliphatic heterocycles. The SMILES string of the molecule is O=C1CN(CCP(=O)(O)O)C(=O)N1. The first-order valence-corrected chi connectivity index (χ1v) is 5.31. The van der Waals surface area contributed by atoms with Crippen LogP contribution >= 0.6 is 7.60 Å². The summed E-state index contributed by atoms with van der Waals surface area (Å²) in [6, 6.07) is -0.599. The minimum absolute atomic E-state index is 0.109. The van der Waals surface area contributed by atoms with E-state index in [-0.39, 0.29) is 13.1 Å². The monoisotopic (exact) mass is 208 g/mol. The van der Waals surface area contributed by atoms with Crippen LogP contribution in [0.15, 0.2) is 0 Å². The molecule has 0 radical (unpaired) electrons. The first kappa shape index (κ1) is 10.2. The molecule has 8 heteroatoms. The Kier molecular flexibility index (Phi) is 2.70. The van der Waals surface area contributed by atoms with Gasteiger partial charge in [-0.1, -0.05) is 0 Å². The average molecular weight is 208 g/mol. The molecule has 0 aromatic carbocycles. The molecule has 0 aromatic heterocycles. The second kappa shape index (κ2) is 3.45. The summed E-state index contributed by atoms with van der Waals surface area (Å²) in [5, 5.41) is 2.00. The molecule has 1 aliphatic rings. The van der Waals surface area contributed by atoms with E-state index in [0.29, 0.717) is 0 Å². The first-order valence-electron chi connectivity index (χ1n) is 3.52. The lowest BCUT2D eigenvalue weighted by Crippen LogP contribution is -2.30. The Hall–Kier alpha value is -0.910. The highest BCUT2D eigenvalue weighted by Crippen LogP contribution is 2.33. The van der Waals surface area contributed by atoms with Gasteiger partial charge in [0.1, 0.15) is 6.54 Å². The maximum absolute atomic E-state index is 10.8. The maximum Gasteiger partial charge on any atom is 0.327 e. The highest BCUT2D eigenvalue weighted by molar-refractivity contribution is 7.51. The molecule has 1 rings (SSSR count). The quantitative estimate of drug-likeness (QED) is 0.395. The van der Waals surface area contributed by atoms with Crippen molar-refractivity contribution in [3.05, 3.63) is 0 Å². The minimum atomic E-state index is -4.10. The van der Waals surface area contributed by atoms with Crippen molar-refractivity contribution in [3.8, 4) is 0 Å². The summed E-state index contributed by atoms with van der Waals surface area (Å²) in [6.07, 6.45) is -0.423. The molecule has 0 spiro atoms. The molecule has 1 heterocycles. The zero-order valence-corrected chi connectivity index (χ0v) is 7.53. The topological polar surface area (TPSA) is 107 Å². The molecule has 0 saturated carbocycles. The van der Waals surface area contributed by atoms with Gasteiger partial charge in [-0.15, -0.1) is 0 Å². The van der Waals surface area contributed by atoms with Gasteiger partial charge >= 0.3 is 13.6 Å². The summed E-state index contributed by atoms with van der Waals surface area (Å²) >= 11 is 0. The van der Waals surface area contributed by atoms with E-state index in [0.717, 1.165) is 4.90 Å². The van der Waals surface area contributed by atoms with E-state index in [2.05, 4.69) is 0 Å².